The highest BCUT2D eigenvalue weighted by molar-refractivity contribution is 8.00. The van der Waals surface area contributed by atoms with E-state index in [1.807, 2.05) is 60.6 Å². The molecule has 0 spiro atoms. The Hall–Kier alpha value is -2.38. The van der Waals surface area contributed by atoms with Crippen LogP contribution in [0.1, 0.15) is 21.6 Å². The van der Waals surface area contributed by atoms with E-state index in [1.165, 1.54) is 0 Å². The highest BCUT2D eigenvalue weighted by atomic mass is 32.2. The predicted molar refractivity (Wildman–Crippen MR) is 115 cm³/mol. The zero-order chi connectivity index (χ0) is 19.3. The van der Waals surface area contributed by atoms with Crippen LogP contribution in [0, 0.1) is 6.92 Å². The Bertz CT molecular complexity index is 936. The first-order valence-electron chi connectivity index (χ1n) is 9.28. The minimum absolute atomic E-state index is 0.126. The number of benzene rings is 1. The summed E-state index contributed by atoms with van der Waals surface area (Å²) in [7, 11) is 0. The molecule has 1 aromatic carbocycles. The van der Waals surface area contributed by atoms with Gasteiger partial charge in [0.2, 0.25) is 0 Å². The molecule has 5 nitrogen and oxygen atoms in total. The van der Waals surface area contributed by atoms with Crippen LogP contribution in [-0.2, 0) is 5.75 Å². The summed E-state index contributed by atoms with van der Waals surface area (Å²) in [4.78, 5) is 26.0. The number of hydrogen-bond acceptors (Lipinski definition) is 6. The smallest absolute Gasteiger partial charge is 0.254 e. The van der Waals surface area contributed by atoms with Gasteiger partial charge in [0.1, 0.15) is 4.34 Å². The van der Waals surface area contributed by atoms with Crippen LogP contribution in [0.3, 0.4) is 0 Å². The van der Waals surface area contributed by atoms with E-state index >= 15 is 0 Å². The maximum Gasteiger partial charge on any atom is 0.254 e. The van der Waals surface area contributed by atoms with E-state index in [2.05, 4.69) is 20.2 Å². The molecule has 7 heteroatoms. The summed E-state index contributed by atoms with van der Waals surface area (Å²) in [5, 5.41) is 2.06. The molecule has 0 unspecified atom stereocenters. The molecular formula is C21H22N4OS2. The number of hydrogen-bond donors (Lipinski definition) is 0. The fourth-order valence-corrected chi connectivity index (χ4v) is 5.14. The molecule has 1 fully saturated rings. The summed E-state index contributed by atoms with van der Waals surface area (Å²) < 4.78 is 1.05. The number of carbonyl (C=O) groups excluding carboxylic acids is 1. The second-order valence-corrected chi connectivity index (χ2v) is 8.77. The van der Waals surface area contributed by atoms with Crippen molar-refractivity contribution in [2.45, 2.75) is 17.0 Å². The monoisotopic (exact) mass is 410 g/mol. The van der Waals surface area contributed by atoms with Gasteiger partial charge in [0.05, 0.1) is 0 Å². The van der Waals surface area contributed by atoms with E-state index in [0.29, 0.717) is 0 Å². The molecule has 28 heavy (non-hydrogen) atoms. The Balaban J connectivity index is 1.41. The number of aromatic nitrogens is 2. The molecule has 0 radical (unpaired) electrons. The molecule has 144 valence electrons. The van der Waals surface area contributed by atoms with Crippen LogP contribution in [0.4, 0.5) is 5.69 Å². The molecule has 4 rings (SSSR count). The topological polar surface area (TPSA) is 49.3 Å². The Morgan fingerprint density at radius 3 is 2.57 bits per heavy atom. The van der Waals surface area contributed by atoms with Crippen LogP contribution in [0.25, 0.3) is 0 Å². The average Bonchev–Trinajstić information content (AvgIpc) is 3.18. The molecule has 0 saturated carbocycles. The number of carbonyl (C=O) groups is 1. The number of pyridine rings is 1. The molecule has 0 N–H and O–H groups in total. The zero-order valence-electron chi connectivity index (χ0n) is 15.7. The van der Waals surface area contributed by atoms with Gasteiger partial charge in [-0.05, 0) is 30.7 Å². The van der Waals surface area contributed by atoms with Crippen molar-refractivity contribution in [3.63, 3.8) is 0 Å². The molecule has 2 aromatic heterocycles. The molecule has 3 aromatic rings. The largest absolute Gasteiger partial charge is 0.368 e. The summed E-state index contributed by atoms with van der Waals surface area (Å²) in [6, 6.07) is 12.0. The number of thioether (sulfide) groups is 1. The molecule has 1 saturated heterocycles. The second kappa shape index (κ2) is 8.75. The fraction of sp³-hybridized carbons (Fsp3) is 0.286. The van der Waals surface area contributed by atoms with Crippen molar-refractivity contribution >= 4 is 34.7 Å². The lowest BCUT2D eigenvalue weighted by atomic mass is 10.1. The summed E-state index contributed by atoms with van der Waals surface area (Å²) >= 11 is 3.35. The van der Waals surface area contributed by atoms with Gasteiger partial charge < -0.3 is 9.80 Å². The van der Waals surface area contributed by atoms with Crippen molar-refractivity contribution in [1.29, 1.82) is 0 Å². The Labute approximate surface area is 173 Å². The number of piperazine rings is 1. The van der Waals surface area contributed by atoms with E-state index < -0.39 is 0 Å². The van der Waals surface area contributed by atoms with Gasteiger partial charge in [-0.15, -0.1) is 11.3 Å². The molecule has 1 aliphatic rings. The first-order valence-corrected chi connectivity index (χ1v) is 11.1. The molecule has 0 bridgehead atoms. The minimum Gasteiger partial charge on any atom is -0.368 e. The Morgan fingerprint density at radius 1 is 1.11 bits per heavy atom. The van der Waals surface area contributed by atoms with Crippen LogP contribution >= 0.6 is 23.1 Å². The second-order valence-electron chi connectivity index (χ2n) is 6.69. The normalized spacial score (nSPS) is 14.3. The van der Waals surface area contributed by atoms with Crippen molar-refractivity contribution in [3.8, 4) is 0 Å². The van der Waals surface area contributed by atoms with Gasteiger partial charge >= 0.3 is 0 Å². The lowest BCUT2D eigenvalue weighted by Gasteiger charge is -2.36. The quantitative estimate of drug-likeness (QED) is 0.593. The minimum atomic E-state index is 0.126. The van der Waals surface area contributed by atoms with Gasteiger partial charge in [0.15, 0.2) is 0 Å². The SMILES string of the molecule is Cc1csc(SCc2ccccc2C(=O)N2CCN(c3ccncc3)CC2)n1. The molecule has 1 amide bonds. The van der Waals surface area contributed by atoms with Crippen molar-refractivity contribution in [2.75, 3.05) is 31.1 Å². The lowest BCUT2D eigenvalue weighted by Crippen LogP contribution is -2.49. The average molecular weight is 411 g/mol. The predicted octanol–water partition coefficient (Wildman–Crippen LogP) is 4.10. The number of aryl methyl sites for hydroxylation is 1. The maximum atomic E-state index is 13.2. The van der Waals surface area contributed by atoms with Crippen LogP contribution in [-0.4, -0.2) is 47.0 Å². The van der Waals surface area contributed by atoms with E-state index in [9.17, 15) is 4.79 Å². The third kappa shape index (κ3) is 4.36. The van der Waals surface area contributed by atoms with E-state index in [4.69, 9.17) is 0 Å². The number of amides is 1. The highest BCUT2D eigenvalue weighted by Gasteiger charge is 2.23. The maximum absolute atomic E-state index is 13.2. The molecular weight excluding hydrogens is 388 g/mol. The molecule has 0 atom stereocenters. The number of thiazole rings is 1. The van der Waals surface area contributed by atoms with Crippen LogP contribution < -0.4 is 4.90 Å². The molecule has 0 aliphatic carbocycles. The van der Waals surface area contributed by atoms with Gasteiger partial charge in [-0.25, -0.2) is 4.98 Å². The van der Waals surface area contributed by atoms with Crippen LogP contribution in [0.5, 0.6) is 0 Å². The number of rotatable bonds is 5. The standard InChI is InChI=1S/C21H22N4OS2/c1-16-14-27-21(23-16)28-15-17-4-2-3-5-19(17)20(26)25-12-10-24(11-13-25)18-6-8-22-9-7-18/h2-9,14H,10-13,15H2,1H3. The highest BCUT2D eigenvalue weighted by Crippen LogP contribution is 2.28. The van der Waals surface area contributed by atoms with Gasteiger partial charge in [0.25, 0.3) is 5.91 Å². The third-order valence-electron chi connectivity index (χ3n) is 4.79. The van der Waals surface area contributed by atoms with Crippen molar-refractivity contribution in [2.24, 2.45) is 0 Å². The first-order chi connectivity index (χ1) is 13.7. The Morgan fingerprint density at radius 2 is 1.86 bits per heavy atom. The summed E-state index contributed by atoms with van der Waals surface area (Å²) in [6.07, 6.45) is 3.62. The van der Waals surface area contributed by atoms with Gasteiger partial charge in [-0.2, -0.15) is 0 Å². The number of nitrogens with zero attached hydrogens (tertiary/aromatic N) is 4. The van der Waals surface area contributed by atoms with Gasteiger partial charge in [-0.3, -0.25) is 9.78 Å². The zero-order valence-corrected chi connectivity index (χ0v) is 17.4. The third-order valence-corrected chi connectivity index (χ3v) is 6.98. The van der Waals surface area contributed by atoms with Crippen molar-refractivity contribution in [1.82, 2.24) is 14.9 Å². The summed E-state index contributed by atoms with van der Waals surface area (Å²) in [6.45, 7) is 5.14. The fourth-order valence-electron chi connectivity index (χ4n) is 3.29. The molecule has 3 heterocycles. The van der Waals surface area contributed by atoms with E-state index in [1.54, 1.807) is 23.1 Å². The van der Waals surface area contributed by atoms with Crippen molar-refractivity contribution < 1.29 is 4.79 Å². The van der Waals surface area contributed by atoms with Crippen molar-refractivity contribution in [3.05, 3.63) is 71.0 Å². The first kappa shape index (κ1) is 19.0. The summed E-state index contributed by atoms with van der Waals surface area (Å²) in [5.74, 6) is 0.882. The summed E-state index contributed by atoms with van der Waals surface area (Å²) in [5.41, 5.74) is 4.09. The Kier molecular flexibility index (Phi) is 5.92. The number of anilines is 1. The van der Waals surface area contributed by atoms with Gasteiger partial charge in [-0.1, -0.05) is 30.0 Å². The van der Waals surface area contributed by atoms with Crippen LogP contribution in [0.2, 0.25) is 0 Å². The van der Waals surface area contributed by atoms with Gasteiger partial charge in [0, 0.05) is 66.7 Å². The van der Waals surface area contributed by atoms with Crippen LogP contribution in [0.15, 0.2) is 58.5 Å². The van der Waals surface area contributed by atoms with E-state index in [0.717, 1.165) is 58.8 Å². The molecule has 1 aliphatic heterocycles. The lowest BCUT2D eigenvalue weighted by molar-refractivity contribution is 0.0746. The van der Waals surface area contributed by atoms with E-state index in [-0.39, 0.29) is 5.91 Å².